The molecule has 84 valence electrons. The number of unbranched alkanes of at least 4 members (excludes halogenated alkanes) is 2. The van der Waals surface area contributed by atoms with Crippen LogP contribution in [0.1, 0.15) is 25.7 Å². The molecule has 3 nitrogen and oxygen atoms in total. The molecule has 1 aromatic rings. The van der Waals surface area contributed by atoms with Gasteiger partial charge in [-0.1, -0.05) is 11.6 Å². The average Bonchev–Trinajstić information content (AvgIpc) is 2.24. The standard InChI is InChI=1S/C12H13ClN2O/c1-2-3-4-5-6-12(16)15-11-9-10(13)7-8-14-11/h1,7-9H,3-6H2,(H,14,15,16). The number of hydrogen-bond donors (Lipinski definition) is 1. The number of aromatic nitrogens is 1. The van der Waals surface area contributed by atoms with Gasteiger partial charge in [0, 0.05) is 24.1 Å². The third-order valence-corrected chi connectivity index (χ3v) is 2.20. The van der Waals surface area contributed by atoms with Crippen molar-refractivity contribution in [2.45, 2.75) is 25.7 Å². The maximum absolute atomic E-state index is 11.4. The predicted molar refractivity (Wildman–Crippen MR) is 65.2 cm³/mol. The molecule has 0 aliphatic carbocycles. The number of terminal acetylenes is 1. The van der Waals surface area contributed by atoms with E-state index in [1.54, 1.807) is 18.3 Å². The molecule has 0 atom stereocenters. The highest BCUT2D eigenvalue weighted by atomic mass is 35.5. The molecule has 0 aliphatic rings. The van der Waals surface area contributed by atoms with Gasteiger partial charge in [0.15, 0.2) is 0 Å². The largest absolute Gasteiger partial charge is 0.311 e. The second-order valence-corrected chi connectivity index (χ2v) is 3.76. The fourth-order valence-electron chi connectivity index (χ4n) is 1.19. The maximum atomic E-state index is 11.4. The molecule has 0 spiro atoms. The van der Waals surface area contributed by atoms with Gasteiger partial charge < -0.3 is 5.32 Å². The molecule has 0 radical (unpaired) electrons. The van der Waals surface area contributed by atoms with E-state index in [-0.39, 0.29) is 5.91 Å². The lowest BCUT2D eigenvalue weighted by Crippen LogP contribution is -2.11. The van der Waals surface area contributed by atoms with Gasteiger partial charge in [0.1, 0.15) is 5.82 Å². The van der Waals surface area contributed by atoms with Gasteiger partial charge in [-0.05, 0) is 25.0 Å². The van der Waals surface area contributed by atoms with Gasteiger partial charge in [-0.2, -0.15) is 0 Å². The van der Waals surface area contributed by atoms with Gasteiger partial charge in [-0.3, -0.25) is 4.79 Å². The topological polar surface area (TPSA) is 42.0 Å². The van der Waals surface area contributed by atoms with Crippen molar-refractivity contribution in [3.63, 3.8) is 0 Å². The highest BCUT2D eigenvalue weighted by Gasteiger charge is 2.02. The first-order chi connectivity index (χ1) is 7.72. The third kappa shape index (κ3) is 4.81. The second-order valence-electron chi connectivity index (χ2n) is 3.32. The van der Waals surface area contributed by atoms with Crippen LogP contribution in [0, 0.1) is 12.3 Å². The summed E-state index contributed by atoms with van der Waals surface area (Å²) in [6.07, 6.45) is 9.48. The molecule has 4 heteroatoms. The van der Waals surface area contributed by atoms with Gasteiger partial charge >= 0.3 is 0 Å². The molecular formula is C12H13ClN2O. The number of carbonyl (C=O) groups is 1. The van der Waals surface area contributed by atoms with E-state index in [4.69, 9.17) is 18.0 Å². The summed E-state index contributed by atoms with van der Waals surface area (Å²) in [6, 6.07) is 3.27. The Hall–Kier alpha value is -1.53. The lowest BCUT2D eigenvalue weighted by atomic mass is 10.2. The third-order valence-electron chi connectivity index (χ3n) is 1.96. The molecule has 0 aromatic carbocycles. The van der Waals surface area contributed by atoms with Crippen LogP contribution < -0.4 is 5.32 Å². The molecule has 0 saturated heterocycles. The molecule has 1 amide bonds. The van der Waals surface area contributed by atoms with Crippen LogP contribution in [-0.2, 0) is 4.79 Å². The summed E-state index contributed by atoms with van der Waals surface area (Å²) in [4.78, 5) is 15.4. The number of nitrogens with one attached hydrogen (secondary N) is 1. The molecule has 1 N–H and O–H groups in total. The second kappa shape index (κ2) is 6.86. The Balaban J connectivity index is 2.32. The van der Waals surface area contributed by atoms with E-state index in [0.29, 0.717) is 23.7 Å². The molecule has 0 aliphatic heterocycles. The number of rotatable bonds is 5. The fourth-order valence-corrected chi connectivity index (χ4v) is 1.35. The van der Waals surface area contributed by atoms with Crippen LogP contribution >= 0.6 is 11.6 Å². The van der Waals surface area contributed by atoms with Crippen molar-refractivity contribution in [2.75, 3.05) is 5.32 Å². The van der Waals surface area contributed by atoms with Crippen LogP contribution in [0.25, 0.3) is 0 Å². The normalized spacial score (nSPS) is 9.50. The highest BCUT2D eigenvalue weighted by molar-refractivity contribution is 6.30. The SMILES string of the molecule is C#CCCCCC(=O)Nc1cc(Cl)ccn1. The van der Waals surface area contributed by atoms with E-state index >= 15 is 0 Å². The highest BCUT2D eigenvalue weighted by Crippen LogP contribution is 2.12. The van der Waals surface area contributed by atoms with Crippen LogP contribution in [0.3, 0.4) is 0 Å². The Kier molecular flexibility index (Phi) is 5.38. The molecule has 0 fully saturated rings. The molecule has 1 rings (SSSR count). The first-order valence-electron chi connectivity index (χ1n) is 5.07. The van der Waals surface area contributed by atoms with Gasteiger partial charge in [-0.25, -0.2) is 4.98 Å². The lowest BCUT2D eigenvalue weighted by molar-refractivity contribution is -0.116. The van der Waals surface area contributed by atoms with E-state index < -0.39 is 0 Å². The zero-order valence-electron chi connectivity index (χ0n) is 8.87. The summed E-state index contributed by atoms with van der Waals surface area (Å²) in [5, 5.41) is 3.23. The smallest absolute Gasteiger partial charge is 0.225 e. The fraction of sp³-hybridized carbons (Fsp3) is 0.333. The number of pyridine rings is 1. The summed E-state index contributed by atoms with van der Waals surface area (Å²) in [6.45, 7) is 0. The van der Waals surface area contributed by atoms with Crippen molar-refractivity contribution in [3.8, 4) is 12.3 Å². The molecule has 0 saturated carbocycles. The lowest BCUT2D eigenvalue weighted by Gasteiger charge is -2.03. The minimum absolute atomic E-state index is 0.0632. The molecule has 1 aromatic heterocycles. The minimum atomic E-state index is -0.0632. The van der Waals surface area contributed by atoms with Crippen molar-refractivity contribution in [1.82, 2.24) is 4.98 Å². The average molecular weight is 237 g/mol. The van der Waals surface area contributed by atoms with Gasteiger partial charge in [0.05, 0.1) is 0 Å². The van der Waals surface area contributed by atoms with Crippen LogP contribution in [0.15, 0.2) is 18.3 Å². The summed E-state index contributed by atoms with van der Waals surface area (Å²) < 4.78 is 0. The zero-order valence-corrected chi connectivity index (χ0v) is 9.63. The van der Waals surface area contributed by atoms with Crippen LogP contribution in [-0.4, -0.2) is 10.9 Å². The van der Waals surface area contributed by atoms with E-state index in [0.717, 1.165) is 12.8 Å². The van der Waals surface area contributed by atoms with Crippen molar-refractivity contribution in [1.29, 1.82) is 0 Å². The number of hydrogen-bond acceptors (Lipinski definition) is 2. The van der Waals surface area contributed by atoms with Crippen molar-refractivity contribution in [3.05, 3.63) is 23.4 Å². The van der Waals surface area contributed by atoms with E-state index in [1.807, 2.05) is 0 Å². The van der Waals surface area contributed by atoms with Crippen LogP contribution in [0.5, 0.6) is 0 Å². The summed E-state index contributed by atoms with van der Waals surface area (Å²) >= 11 is 5.76. The Morgan fingerprint density at radius 2 is 2.38 bits per heavy atom. The number of nitrogens with zero attached hydrogens (tertiary/aromatic N) is 1. The Bertz CT molecular complexity index is 398. The zero-order chi connectivity index (χ0) is 11.8. The Morgan fingerprint density at radius 1 is 1.56 bits per heavy atom. The van der Waals surface area contributed by atoms with Gasteiger partial charge in [0.2, 0.25) is 5.91 Å². The number of halogens is 1. The summed E-state index contributed by atoms with van der Waals surface area (Å²) in [7, 11) is 0. The first kappa shape index (κ1) is 12.5. The molecule has 0 bridgehead atoms. The molecule has 0 unspecified atom stereocenters. The van der Waals surface area contributed by atoms with Crippen molar-refractivity contribution < 1.29 is 4.79 Å². The van der Waals surface area contributed by atoms with Crippen LogP contribution in [0.2, 0.25) is 5.02 Å². The Morgan fingerprint density at radius 3 is 3.06 bits per heavy atom. The van der Waals surface area contributed by atoms with E-state index in [1.165, 1.54) is 0 Å². The summed E-state index contributed by atoms with van der Waals surface area (Å²) in [5.41, 5.74) is 0. The number of anilines is 1. The van der Waals surface area contributed by atoms with E-state index in [9.17, 15) is 4.79 Å². The molecule has 1 heterocycles. The monoisotopic (exact) mass is 236 g/mol. The van der Waals surface area contributed by atoms with Gasteiger partial charge in [0.25, 0.3) is 0 Å². The van der Waals surface area contributed by atoms with Crippen molar-refractivity contribution in [2.24, 2.45) is 0 Å². The summed E-state index contributed by atoms with van der Waals surface area (Å²) in [5.74, 6) is 2.95. The first-order valence-corrected chi connectivity index (χ1v) is 5.45. The van der Waals surface area contributed by atoms with E-state index in [2.05, 4.69) is 16.2 Å². The quantitative estimate of drug-likeness (QED) is 0.631. The predicted octanol–water partition coefficient (Wildman–Crippen LogP) is 2.87. The van der Waals surface area contributed by atoms with Crippen molar-refractivity contribution >= 4 is 23.3 Å². The molecule has 16 heavy (non-hydrogen) atoms. The minimum Gasteiger partial charge on any atom is -0.311 e. The Labute approximate surface area is 100 Å². The van der Waals surface area contributed by atoms with Gasteiger partial charge in [-0.15, -0.1) is 12.3 Å². The number of amides is 1. The maximum Gasteiger partial charge on any atom is 0.225 e. The molecular weight excluding hydrogens is 224 g/mol. The van der Waals surface area contributed by atoms with Crippen LogP contribution in [0.4, 0.5) is 5.82 Å². The number of carbonyl (C=O) groups excluding carboxylic acids is 1.